The maximum atomic E-state index is 11.8. The van der Waals surface area contributed by atoms with Crippen molar-refractivity contribution in [2.45, 2.75) is 26.9 Å². The van der Waals surface area contributed by atoms with E-state index < -0.39 is 11.2 Å². The number of nitrogens with one attached hydrogen (secondary N) is 3. The number of nitrogens with two attached hydrogens (primary N) is 1. The zero-order chi connectivity index (χ0) is 14.7. The summed E-state index contributed by atoms with van der Waals surface area (Å²) in [7, 11) is 0. The van der Waals surface area contributed by atoms with E-state index in [-0.39, 0.29) is 17.4 Å². The molecule has 5 N–H and O–H groups in total. The zero-order valence-electron chi connectivity index (χ0n) is 11.4. The topological polar surface area (TPSA) is 122 Å². The highest BCUT2D eigenvalue weighted by Crippen LogP contribution is 2.12. The van der Waals surface area contributed by atoms with Crippen LogP contribution in [-0.4, -0.2) is 19.7 Å². The van der Waals surface area contributed by atoms with E-state index in [1.807, 2.05) is 13.8 Å². The summed E-state index contributed by atoms with van der Waals surface area (Å²) < 4.78 is 1.36. The predicted molar refractivity (Wildman–Crippen MR) is 76.5 cm³/mol. The van der Waals surface area contributed by atoms with Crippen LogP contribution >= 0.6 is 0 Å². The van der Waals surface area contributed by atoms with Gasteiger partial charge in [-0.1, -0.05) is 13.8 Å². The number of aromatic amines is 2. The predicted octanol–water partition coefficient (Wildman–Crippen LogP) is 0.110. The van der Waals surface area contributed by atoms with Gasteiger partial charge in [0, 0.05) is 24.8 Å². The summed E-state index contributed by atoms with van der Waals surface area (Å²) in [5, 5.41) is 9.43. The Kier molecular flexibility index (Phi) is 3.92. The highest BCUT2D eigenvalue weighted by Gasteiger charge is 2.13. The normalized spacial score (nSPS) is 10.9. The Morgan fingerprint density at radius 1 is 1.45 bits per heavy atom. The van der Waals surface area contributed by atoms with E-state index in [0.29, 0.717) is 13.1 Å². The Morgan fingerprint density at radius 3 is 2.80 bits per heavy atom. The van der Waals surface area contributed by atoms with Gasteiger partial charge in [-0.3, -0.25) is 19.4 Å². The lowest BCUT2D eigenvalue weighted by molar-refractivity contribution is 0.508. The summed E-state index contributed by atoms with van der Waals surface area (Å²) in [6.45, 7) is 4.77. The van der Waals surface area contributed by atoms with Crippen molar-refractivity contribution in [3.05, 3.63) is 38.8 Å². The molecule has 2 heterocycles. The van der Waals surface area contributed by atoms with Crippen LogP contribution < -0.4 is 22.3 Å². The number of nitrogens with zero attached hydrogens (tertiary/aromatic N) is 2. The molecule has 0 bridgehead atoms. The fraction of sp³-hybridized carbons (Fsp3) is 0.417. The second-order valence-electron chi connectivity index (χ2n) is 4.98. The van der Waals surface area contributed by atoms with Gasteiger partial charge in [0.15, 0.2) is 0 Å². The number of hydrogen-bond acceptors (Lipinski definition) is 5. The smallest absolute Gasteiger partial charge is 0.330 e. The summed E-state index contributed by atoms with van der Waals surface area (Å²) >= 11 is 0. The van der Waals surface area contributed by atoms with Crippen LogP contribution in [0.1, 0.15) is 19.4 Å². The molecule has 0 aliphatic heterocycles. The maximum absolute atomic E-state index is 11.8. The summed E-state index contributed by atoms with van der Waals surface area (Å²) in [4.78, 5) is 25.9. The first-order valence-electron chi connectivity index (χ1n) is 6.33. The first-order valence-corrected chi connectivity index (χ1v) is 6.33. The van der Waals surface area contributed by atoms with Crippen molar-refractivity contribution in [2.75, 3.05) is 11.1 Å². The van der Waals surface area contributed by atoms with E-state index in [1.165, 1.54) is 4.57 Å². The van der Waals surface area contributed by atoms with Crippen LogP contribution in [0.25, 0.3) is 0 Å². The van der Waals surface area contributed by atoms with Gasteiger partial charge in [0.25, 0.3) is 5.56 Å². The lowest BCUT2D eigenvalue weighted by atomic mass is 10.2. The minimum atomic E-state index is -0.518. The van der Waals surface area contributed by atoms with E-state index in [0.717, 1.165) is 5.56 Å². The SMILES string of the molecule is CC(C)Cn1c(N)c(NCc2cn[nH]c2)c(=O)[nH]c1=O. The van der Waals surface area contributed by atoms with Crippen molar-refractivity contribution >= 4 is 11.5 Å². The lowest BCUT2D eigenvalue weighted by Gasteiger charge is -2.15. The van der Waals surface area contributed by atoms with Crippen molar-refractivity contribution in [3.63, 3.8) is 0 Å². The van der Waals surface area contributed by atoms with Crippen LogP contribution in [-0.2, 0) is 13.1 Å². The van der Waals surface area contributed by atoms with Gasteiger partial charge in [-0.25, -0.2) is 4.79 Å². The molecule has 0 aliphatic carbocycles. The molecule has 20 heavy (non-hydrogen) atoms. The van der Waals surface area contributed by atoms with Gasteiger partial charge in [-0.05, 0) is 5.92 Å². The van der Waals surface area contributed by atoms with E-state index >= 15 is 0 Å². The van der Waals surface area contributed by atoms with Crippen molar-refractivity contribution < 1.29 is 0 Å². The van der Waals surface area contributed by atoms with E-state index in [9.17, 15) is 9.59 Å². The average Bonchev–Trinajstić information content (AvgIpc) is 2.87. The number of rotatable bonds is 5. The van der Waals surface area contributed by atoms with Crippen molar-refractivity contribution in [1.29, 1.82) is 0 Å². The molecule has 2 aromatic heterocycles. The Bertz CT molecular complexity index is 683. The lowest BCUT2D eigenvalue weighted by Crippen LogP contribution is -2.35. The molecule has 0 fully saturated rings. The molecule has 108 valence electrons. The molecule has 2 rings (SSSR count). The fourth-order valence-corrected chi connectivity index (χ4v) is 1.87. The Balaban J connectivity index is 2.32. The first kappa shape index (κ1) is 13.9. The van der Waals surface area contributed by atoms with Gasteiger partial charge < -0.3 is 11.1 Å². The maximum Gasteiger partial charge on any atom is 0.330 e. The molecule has 0 aromatic carbocycles. The van der Waals surface area contributed by atoms with Crippen molar-refractivity contribution in [3.8, 4) is 0 Å². The summed E-state index contributed by atoms with van der Waals surface area (Å²) in [6, 6.07) is 0. The van der Waals surface area contributed by atoms with Crippen LogP contribution in [0.3, 0.4) is 0 Å². The minimum Gasteiger partial charge on any atom is -0.383 e. The fourth-order valence-electron chi connectivity index (χ4n) is 1.87. The molecule has 2 aromatic rings. The third-order valence-electron chi connectivity index (χ3n) is 2.81. The molecule has 8 nitrogen and oxygen atoms in total. The standard InChI is InChI=1S/C12H18N6O2/c1-7(2)6-18-10(13)9(11(19)17-12(18)20)14-3-8-4-15-16-5-8/h4-5,7,14H,3,6,13H2,1-2H3,(H,15,16)(H,17,19,20). The largest absolute Gasteiger partial charge is 0.383 e. The molecule has 8 heteroatoms. The average molecular weight is 278 g/mol. The molecule has 0 radical (unpaired) electrons. The molecule has 0 saturated heterocycles. The summed E-state index contributed by atoms with van der Waals surface area (Å²) in [5.74, 6) is 0.388. The second-order valence-corrected chi connectivity index (χ2v) is 4.98. The Labute approximate surface area is 115 Å². The number of hydrogen-bond donors (Lipinski definition) is 4. The van der Waals surface area contributed by atoms with Crippen molar-refractivity contribution in [2.24, 2.45) is 5.92 Å². The number of anilines is 2. The third kappa shape index (κ3) is 2.90. The van der Waals surface area contributed by atoms with Gasteiger partial charge >= 0.3 is 5.69 Å². The highest BCUT2D eigenvalue weighted by molar-refractivity contribution is 5.60. The Hall–Kier alpha value is -2.51. The zero-order valence-corrected chi connectivity index (χ0v) is 11.4. The molecule has 0 spiro atoms. The highest BCUT2D eigenvalue weighted by atomic mass is 16.2. The van der Waals surface area contributed by atoms with Crippen molar-refractivity contribution in [1.82, 2.24) is 19.7 Å². The number of aromatic nitrogens is 4. The molecule has 0 atom stereocenters. The van der Waals surface area contributed by atoms with Crippen LogP contribution in [0, 0.1) is 5.92 Å². The number of nitrogen functional groups attached to an aromatic ring is 1. The van der Waals surface area contributed by atoms with E-state index in [4.69, 9.17) is 5.73 Å². The molecular formula is C12H18N6O2. The first-order chi connectivity index (χ1) is 9.49. The van der Waals surface area contributed by atoms with Gasteiger partial charge in [-0.2, -0.15) is 5.10 Å². The van der Waals surface area contributed by atoms with Crippen LogP contribution in [0.15, 0.2) is 22.0 Å². The van der Waals surface area contributed by atoms with Crippen LogP contribution in [0.2, 0.25) is 0 Å². The van der Waals surface area contributed by atoms with E-state index in [1.54, 1.807) is 12.4 Å². The molecule has 0 aliphatic rings. The molecule has 0 amide bonds. The molecule has 0 unspecified atom stereocenters. The van der Waals surface area contributed by atoms with Gasteiger partial charge in [0.05, 0.1) is 6.20 Å². The molecular weight excluding hydrogens is 260 g/mol. The van der Waals surface area contributed by atoms with E-state index in [2.05, 4.69) is 20.5 Å². The summed E-state index contributed by atoms with van der Waals surface area (Å²) in [6.07, 6.45) is 3.35. The number of H-pyrrole nitrogens is 2. The minimum absolute atomic E-state index is 0.149. The second kappa shape index (κ2) is 5.64. The molecule has 0 saturated carbocycles. The quantitative estimate of drug-likeness (QED) is 0.618. The van der Waals surface area contributed by atoms with Crippen LogP contribution in [0.5, 0.6) is 0 Å². The Morgan fingerprint density at radius 2 is 2.20 bits per heavy atom. The summed E-state index contributed by atoms with van der Waals surface area (Å²) in [5.41, 5.74) is 6.00. The van der Waals surface area contributed by atoms with Gasteiger partial charge in [-0.15, -0.1) is 0 Å². The van der Waals surface area contributed by atoms with Gasteiger partial charge in [0.1, 0.15) is 11.5 Å². The monoisotopic (exact) mass is 278 g/mol. The third-order valence-corrected chi connectivity index (χ3v) is 2.81. The van der Waals surface area contributed by atoms with Crippen LogP contribution in [0.4, 0.5) is 11.5 Å². The van der Waals surface area contributed by atoms with Gasteiger partial charge in [0.2, 0.25) is 0 Å².